The summed E-state index contributed by atoms with van der Waals surface area (Å²) < 4.78 is 26.6. The maximum atomic E-state index is 13.5. The van der Waals surface area contributed by atoms with Crippen molar-refractivity contribution in [1.29, 1.82) is 0 Å². The summed E-state index contributed by atoms with van der Waals surface area (Å²) in [5.74, 6) is -1.54. The molecule has 1 saturated carbocycles. The number of hydrogen-bond acceptors (Lipinski definition) is 2. The Bertz CT molecular complexity index is 433. The summed E-state index contributed by atoms with van der Waals surface area (Å²) in [6, 6.07) is 4.58. The van der Waals surface area contributed by atoms with E-state index in [2.05, 4.69) is 10.6 Å². The molecule has 3 rings (SSSR count). The first-order chi connectivity index (χ1) is 8.69. The standard InChI is InChI=1S/C14H18F2N2/c15-11-2-1-3-12(13(11)16)18-10-8-14(9-10)4-6-17-7-5-14/h1-3,10,17-18H,4-9H2. The Morgan fingerprint density at radius 3 is 2.61 bits per heavy atom. The molecular weight excluding hydrogens is 234 g/mol. The van der Waals surface area contributed by atoms with Gasteiger partial charge in [0.1, 0.15) is 0 Å². The Morgan fingerprint density at radius 2 is 1.89 bits per heavy atom. The fraction of sp³-hybridized carbons (Fsp3) is 0.571. The molecular formula is C14H18F2N2. The number of benzene rings is 1. The lowest BCUT2D eigenvalue weighted by molar-refractivity contribution is 0.0717. The second-order valence-electron chi connectivity index (χ2n) is 5.60. The lowest BCUT2D eigenvalue weighted by atomic mass is 9.60. The summed E-state index contributed by atoms with van der Waals surface area (Å²) in [5.41, 5.74) is 0.746. The van der Waals surface area contributed by atoms with E-state index >= 15 is 0 Å². The molecule has 1 aliphatic carbocycles. The van der Waals surface area contributed by atoms with Crippen LogP contribution in [0, 0.1) is 17.0 Å². The van der Waals surface area contributed by atoms with Crippen molar-refractivity contribution in [2.75, 3.05) is 18.4 Å². The quantitative estimate of drug-likeness (QED) is 0.845. The molecule has 2 aliphatic rings. The lowest BCUT2D eigenvalue weighted by Crippen LogP contribution is -2.50. The minimum absolute atomic E-state index is 0.291. The van der Waals surface area contributed by atoms with Crippen molar-refractivity contribution in [3.8, 4) is 0 Å². The topological polar surface area (TPSA) is 24.1 Å². The number of anilines is 1. The van der Waals surface area contributed by atoms with Crippen LogP contribution in [0.15, 0.2) is 18.2 Å². The van der Waals surface area contributed by atoms with Gasteiger partial charge in [-0.1, -0.05) is 6.07 Å². The third-order valence-corrected chi connectivity index (χ3v) is 4.33. The highest BCUT2D eigenvalue weighted by Gasteiger charge is 2.44. The summed E-state index contributed by atoms with van der Waals surface area (Å²) >= 11 is 0. The van der Waals surface area contributed by atoms with E-state index in [1.165, 1.54) is 12.8 Å². The predicted molar refractivity (Wildman–Crippen MR) is 67.5 cm³/mol. The van der Waals surface area contributed by atoms with Crippen LogP contribution < -0.4 is 10.6 Å². The molecule has 0 unspecified atom stereocenters. The monoisotopic (exact) mass is 252 g/mol. The molecule has 0 aromatic heterocycles. The van der Waals surface area contributed by atoms with Crippen molar-refractivity contribution in [1.82, 2.24) is 5.32 Å². The normalized spacial score (nSPS) is 22.8. The summed E-state index contributed by atoms with van der Waals surface area (Å²) in [5, 5.41) is 6.48. The Balaban J connectivity index is 1.61. The Morgan fingerprint density at radius 1 is 1.17 bits per heavy atom. The van der Waals surface area contributed by atoms with Gasteiger partial charge in [-0.2, -0.15) is 0 Å². The molecule has 1 aromatic rings. The van der Waals surface area contributed by atoms with Gasteiger partial charge >= 0.3 is 0 Å². The molecule has 18 heavy (non-hydrogen) atoms. The zero-order chi connectivity index (χ0) is 12.6. The molecule has 0 radical (unpaired) electrons. The first-order valence-electron chi connectivity index (χ1n) is 6.60. The molecule has 1 aromatic carbocycles. The van der Waals surface area contributed by atoms with Crippen molar-refractivity contribution in [2.45, 2.75) is 31.7 Å². The maximum absolute atomic E-state index is 13.5. The van der Waals surface area contributed by atoms with E-state index in [-0.39, 0.29) is 0 Å². The molecule has 1 saturated heterocycles. The van der Waals surface area contributed by atoms with E-state index in [4.69, 9.17) is 0 Å². The third-order valence-electron chi connectivity index (χ3n) is 4.33. The van der Waals surface area contributed by atoms with E-state index in [0.717, 1.165) is 32.0 Å². The van der Waals surface area contributed by atoms with Gasteiger partial charge in [0.15, 0.2) is 11.6 Å². The SMILES string of the molecule is Fc1cccc(NC2CC3(CCNCC3)C2)c1F. The van der Waals surface area contributed by atoms with Crippen molar-refractivity contribution in [2.24, 2.45) is 5.41 Å². The van der Waals surface area contributed by atoms with E-state index in [0.29, 0.717) is 17.1 Å². The summed E-state index contributed by atoms with van der Waals surface area (Å²) in [6.45, 7) is 2.17. The van der Waals surface area contributed by atoms with Gasteiger partial charge < -0.3 is 10.6 Å². The molecule has 2 N–H and O–H groups in total. The number of piperidine rings is 1. The van der Waals surface area contributed by atoms with E-state index in [9.17, 15) is 8.78 Å². The zero-order valence-corrected chi connectivity index (χ0v) is 10.3. The molecule has 98 valence electrons. The van der Waals surface area contributed by atoms with Crippen LogP contribution in [0.4, 0.5) is 14.5 Å². The Kier molecular flexibility index (Phi) is 2.98. The molecule has 0 amide bonds. The lowest BCUT2D eigenvalue weighted by Gasteiger charge is -2.50. The average molecular weight is 252 g/mol. The van der Waals surface area contributed by atoms with Gasteiger partial charge in [0.2, 0.25) is 0 Å². The largest absolute Gasteiger partial charge is 0.380 e. The number of halogens is 2. The summed E-state index contributed by atoms with van der Waals surface area (Å²) in [7, 11) is 0. The van der Waals surface area contributed by atoms with Crippen LogP contribution in [0.2, 0.25) is 0 Å². The molecule has 4 heteroatoms. The number of rotatable bonds is 2. The maximum Gasteiger partial charge on any atom is 0.181 e. The van der Waals surface area contributed by atoms with Gasteiger partial charge in [-0.3, -0.25) is 0 Å². The van der Waals surface area contributed by atoms with Crippen LogP contribution in [-0.2, 0) is 0 Å². The highest BCUT2D eigenvalue weighted by atomic mass is 19.2. The van der Waals surface area contributed by atoms with Gasteiger partial charge in [-0.25, -0.2) is 8.78 Å². The van der Waals surface area contributed by atoms with Gasteiger partial charge in [0.25, 0.3) is 0 Å². The van der Waals surface area contributed by atoms with Crippen LogP contribution in [0.1, 0.15) is 25.7 Å². The fourth-order valence-electron chi connectivity index (χ4n) is 3.29. The molecule has 2 fully saturated rings. The second-order valence-corrected chi connectivity index (χ2v) is 5.60. The van der Waals surface area contributed by atoms with Gasteiger partial charge in [0.05, 0.1) is 5.69 Å². The van der Waals surface area contributed by atoms with E-state index < -0.39 is 11.6 Å². The van der Waals surface area contributed by atoms with Gasteiger partial charge in [-0.05, 0) is 56.3 Å². The van der Waals surface area contributed by atoms with Crippen LogP contribution in [0.25, 0.3) is 0 Å². The second kappa shape index (κ2) is 4.50. The minimum Gasteiger partial charge on any atom is -0.380 e. The van der Waals surface area contributed by atoms with Crippen LogP contribution >= 0.6 is 0 Å². The predicted octanol–water partition coefficient (Wildman–Crippen LogP) is 2.91. The summed E-state index contributed by atoms with van der Waals surface area (Å²) in [6.07, 6.45) is 4.56. The van der Waals surface area contributed by atoms with Crippen molar-refractivity contribution in [3.05, 3.63) is 29.8 Å². The highest BCUT2D eigenvalue weighted by molar-refractivity contribution is 5.46. The van der Waals surface area contributed by atoms with Crippen molar-refractivity contribution in [3.63, 3.8) is 0 Å². The van der Waals surface area contributed by atoms with Crippen molar-refractivity contribution >= 4 is 5.69 Å². The Labute approximate surface area is 106 Å². The first kappa shape index (κ1) is 11.9. The van der Waals surface area contributed by atoms with E-state index in [1.54, 1.807) is 12.1 Å². The highest BCUT2D eigenvalue weighted by Crippen LogP contribution is 2.48. The minimum atomic E-state index is -0.782. The smallest absolute Gasteiger partial charge is 0.181 e. The van der Waals surface area contributed by atoms with E-state index in [1.807, 2.05) is 0 Å². The molecule has 1 aliphatic heterocycles. The zero-order valence-electron chi connectivity index (χ0n) is 10.3. The van der Waals surface area contributed by atoms with Crippen LogP contribution in [0.5, 0.6) is 0 Å². The first-order valence-corrected chi connectivity index (χ1v) is 6.60. The number of hydrogen-bond donors (Lipinski definition) is 2. The van der Waals surface area contributed by atoms with Crippen LogP contribution in [-0.4, -0.2) is 19.1 Å². The fourth-order valence-corrected chi connectivity index (χ4v) is 3.29. The molecule has 2 nitrogen and oxygen atoms in total. The van der Waals surface area contributed by atoms with Gasteiger partial charge in [-0.15, -0.1) is 0 Å². The molecule has 0 atom stereocenters. The molecule has 1 spiro atoms. The molecule has 0 bridgehead atoms. The van der Waals surface area contributed by atoms with Gasteiger partial charge in [0, 0.05) is 6.04 Å². The molecule has 1 heterocycles. The summed E-state index contributed by atoms with van der Waals surface area (Å²) in [4.78, 5) is 0. The van der Waals surface area contributed by atoms with Crippen LogP contribution in [0.3, 0.4) is 0 Å². The number of nitrogens with one attached hydrogen (secondary N) is 2. The third kappa shape index (κ3) is 2.09. The Hall–Kier alpha value is -1.16. The van der Waals surface area contributed by atoms with Crippen molar-refractivity contribution < 1.29 is 8.78 Å². The average Bonchev–Trinajstić information content (AvgIpc) is 2.34.